The lowest BCUT2D eigenvalue weighted by Gasteiger charge is -2.28. The summed E-state index contributed by atoms with van der Waals surface area (Å²) in [4.78, 5) is 5.98. The van der Waals surface area contributed by atoms with Gasteiger partial charge in [-0.25, -0.2) is 0 Å². The third kappa shape index (κ3) is 2.80. The highest BCUT2D eigenvalue weighted by Crippen LogP contribution is 2.34. The minimum atomic E-state index is 0.601. The maximum atomic E-state index is 6.12. The second-order valence-electron chi connectivity index (χ2n) is 6.90. The van der Waals surface area contributed by atoms with Crippen molar-refractivity contribution in [3.8, 4) is 5.75 Å². The summed E-state index contributed by atoms with van der Waals surface area (Å²) in [5.41, 5.74) is 5.20. The molecular formula is C21H24N2O. The summed E-state index contributed by atoms with van der Waals surface area (Å²) in [6.45, 7) is 0.601. The lowest BCUT2D eigenvalue weighted by atomic mass is 9.91. The van der Waals surface area contributed by atoms with E-state index in [1.807, 2.05) is 18.2 Å². The van der Waals surface area contributed by atoms with Gasteiger partial charge in [-0.2, -0.15) is 0 Å². The maximum absolute atomic E-state index is 6.12. The summed E-state index contributed by atoms with van der Waals surface area (Å²) < 4.78 is 6.12. The van der Waals surface area contributed by atoms with E-state index in [0.29, 0.717) is 12.6 Å². The first-order valence-electron chi connectivity index (χ1n) is 8.68. The minimum Gasteiger partial charge on any atom is -0.487 e. The normalized spacial score (nSPS) is 17.2. The molecule has 0 saturated heterocycles. The molecule has 24 heavy (non-hydrogen) atoms. The van der Waals surface area contributed by atoms with Gasteiger partial charge in [0.25, 0.3) is 0 Å². The number of aromatic nitrogens is 1. The Morgan fingerprint density at radius 3 is 2.71 bits per heavy atom. The number of nitrogens with zero attached hydrogens (tertiary/aromatic N) is 1. The van der Waals surface area contributed by atoms with Gasteiger partial charge >= 0.3 is 0 Å². The minimum absolute atomic E-state index is 0.601. The lowest BCUT2D eigenvalue weighted by molar-refractivity contribution is 0.268. The smallest absolute Gasteiger partial charge is 0.143 e. The molecule has 0 fully saturated rings. The summed E-state index contributed by atoms with van der Waals surface area (Å²) in [5.74, 6) is 0.951. The highest BCUT2D eigenvalue weighted by molar-refractivity contribution is 5.89. The molecule has 1 aliphatic carbocycles. The van der Waals surface area contributed by atoms with Gasteiger partial charge in [0.05, 0.1) is 5.52 Å². The molecule has 1 N–H and O–H groups in total. The molecule has 0 spiro atoms. The summed E-state index contributed by atoms with van der Waals surface area (Å²) in [7, 11) is 4.36. The van der Waals surface area contributed by atoms with Crippen LogP contribution in [0.2, 0.25) is 0 Å². The number of nitrogens with one attached hydrogen (secondary N) is 1. The molecule has 124 valence electrons. The second-order valence-corrected chi connectivity index (χ2v) is 6.90. The van der Waals surface area contributed by atoms with Crippen molar-refractivity contribution < 1.29 is 4.74 Å². The molecule has 1 aromatic heterocycles. The SMILES string of the molecule is CN(C)C1CCc2[nH]c3c(OCc4ccccc4)cccc3c2C1. The number of aromatic amines is 1. The summed E-state index contributed by atoms with van der Waals surface area (Å²) in [6, 6.07) is 17.4. The summed E-state index contributed by atoms with van der Waals surface area (Å²) in [6.07, 6.45) is 3.45. The van der Waals surface area contributed by atoms with Crippen LogP contribution in [-0.4, -0.2) is 30.0 Å². The van der Waals surface area contributed by atoms with Crippen molar-refractivity contribution in [2.75, 3.05) is 14.1 Å². The van der Waals surface area contributed by atoms with Gasteiger partial charge in [-0.15, -0.1) is 0 Å². The lowest BCUT2D eigenvalue weighted by Crippen LogP contribution is -2.33. The Labute approximate surface area is 143 Å². The number of para-hydroxylation sites is 1. The van der Waals surface area contributed by atoms with Gasteiger partial charge in [0.15, 0.2) is 0 Å². The number of fused-ring (bicyclic) bond motifs is 3. The van der Waals surface area contributed by atoms with E-state index in [1.165, 1.54) is 28.6 Å². The highest BCUT2D eigenvalue weighted by Gasteiger charge is 2.24. The molecule has 0 aliphatic heterocycles. The van der Waals surface area contributed by atoms with E-state index in [2.05, 4.69) is 54.3 Å². The molecule has 1 unspecified atom stereocenters. The molecule has 3 nitrogen and oxygen atoms in total. The molecule has 0 bridgehead atoms. The van der Waals surface area contributed by atoms with Crippen LogP contribution in [0.5, 0.6) is 5.75 Å². The Morgan fingerprint density at radius 1 is 1.08 bits per heavy atom. The molecule has 1 aliphatic rings. The second kappa shape index (κ2) is 6.33. The maximum Gasteiger partial charge on any atom is 0.143 e. The fourth-order valence-corrected chi connectivity index (χ4v) is 3.69. The Balaban J connectivity index is 1.64. The van der Waals surface area contributed by atoms with Gasteiger partial charge in [0.2, 0.25) is 0 Å². The van der Waals surface area contributed by atoms with Gasteiger partial charge in [-0.05, 0) is 50.6 Å². The molecule has 0 radical (unpaired) electrons. The van der Waals surface area contributed by atoms with Gasteiger partial charge in [0.1, 0.15) is 12.4 Å². The Morgan fingerprint density at radius 2 is 1.92 bits per heavy atom. The molecule has 3 aromatic rings. The van der Waals surface area contributed by atoms with Crippen LogP contribution in [0.4, 0.5) is 0 Å². The molecule has 0 amide bonds. The number of H-pyrrole nitrogens is 1. The molecule has 3 heteroatoms. The number of hydrogen-bond donors (Lipinski definition) is 1. The Hall–Kier alpha value is -2.26. The number of benzene rings is 2. The monoisotopic (exact) mass is 320 g/mol. The van der Waals surface area contributed by atoms with E-state index >= 15 is 0 Å². The van der Waals surface area contributed by atoms with Crippen LogP contribution < -0.4 is 4.74 Å². The van der Waals surface area contributed by atoms with Crippen molar-refractivity contribution in [3.63, 3.8) is 0 Å². The fraction of sp³-hybridized carbons (Fsp3) is 0.333. The zero-order chi connectivity index (χ0) is 16.5. The van der Waals surface area contributed by atoms with Crippen LogP contribution in [0.1, 0.15) is 23.2 Å². The number of likely N-dealkylation sites (N-methyl/N-ethyl adjacent to an activating group) is 1. The predicted molar refractivity (Wildman–Crippen MR) is 98.6 cm³/mol. The van der Waals surface area contributed by atoms with Crippen molar-refractivity contribution in [2.24, 2.45) is 0 Å². The molecule has 1 heterocycles. The number of hydrogen-bond acceptors (Lipinski definition) is 2. The van der Waals surface area contributed by atoms with Gasteiger partial charge in [-0.3, -0.25) is 0 Å². The van der Waals surface area contributed by atoms with Crippen molar-refractivity contribution in [2.45, 2.75) is 31.9 Å². The predicted octanol–water partition coefficient (Wildman–Crippen LogP) is 4.17. The zero-order valence-corrected chi connectivity index (χ0v) is 14.4. The third-order valence-electron chi connectivity index (χ3n) is 5.13. The first kappa shape index (κ1) is 15.3. The molecular weight excluding hydrogens is 296 g/mol. The summed E-state index contributed by atoms with van der Waals surface area (Å²) >= 11 is 0. The van der Waals surface area contributed by atoms with E-state index in [-0.39, 0.29) is 0 Å². The van der Waals surface area contributed by atoms with E-state index in [0.717, 1.165) is 24.1 Å². The van der Waals surface area contributed by atoms with Crippen molar-refractivity contribution >= 4 is 10.9 Å². The first-order valence-corrected chi connectivity index (χ1v) is 8.68. The molecule has 0 saturated carbocycles. The van der Waals surface area contributed by atoms with E-state index in [1.54, 1.807) is 0 Å². The van der Waals surface area contributed by atoms with Gasteiger partial charge in [-0.1, -0.05) is 42.5 Å². The van der Waals surface area contributed by atoms with E-state index in [4.69, 9.17) is 4.74 Å². The van der Waals surface area contributed by atoms with E-state index < -0.39 is 0 Å². The number of ether oxygens (including phenoxy) is 1. The van der Waals surface area contributed by atoms with Crippen LogP contribution in [0.15, 0.2) is 48.5 Å². The number of aryl methyl sites for hydroxylation is 1. The average molecular weight is 320 g/mol. The van der Waals surface area contributed by atoms with Crippen LogP contribution in [-0.2, 0) is 19.4 Å². The van der Waals surface area contributed by atoms with Crippen molar-refractivity contribution in [1.29, 1.82) is 0 Å². The molecule has 4 rings (SSSR count). The molecule has 2 aromatic carbocycles. The summed E-state index contributed by atoms with van der Waals surface area (Å²) in [5, 5.41) is 1.32. The number of rotatable bonds is 4. The van der Waals surface area contributed by atoms with Gasteiger partial charge in [0, 0.05) is 17.1 Å². The quantitative estimate of drug-likeness (QED) is 0.781. The average Bonchev–Trinajstić information content (AvgIpc) is 2.99. The van der Waals surface area contributed by atoms with Crippen LogP contribution >= 0.6 is 0 Å². The van der Waals surface area contributed by atoms with Crippen LogP contribution in [0.25, 0.3) is 10.9 Å². The first-order chi connectivity index (χ1) is 11.7. The largest absolute Gasteiger partial charge is 0.487 e. The zero-order valence-electron chi connectivity index (χ0n) is 14.4. The Kier molecular flexibility index (Phi) is 4.03. The topological polar surface area (TPSA) is 28.3 Å². The standard InChI is InChI=1S/C21H24N2O/c1-23(2)16-11-12-19-18(13-16)17-9-6-10-20(21(17)22-19)24-14-15-7-4-3-5-8-15/h3-10,16,22H,11-14H2,1-2H3. The van der Waals surface area contributed by atoms with Crippen LogP contribution in [0, 0.1) is 0 Å². The third-order valence-corrected chi connectivity index (χ3v) is 5.13. The van der Waals surface area contributed by atoms with Crippen molar-refractivity contribution in [3.05, 3.63) is 65.4 Å². The van der Waals surface area contributed by atoms with Crippen LogP contribution in [0.3, 0.4) is 0 Å². The molecule has 1 atom stereocenters. The fourth-order valence-electron chi connectivity index (χ4n) is 3.69. The van der Waals surface area contributed by atoms with Crippen molar-refractivity contribution in [1.82, 2.24) is 9.88 Å². The van der Waals surface area contributed by atoms with Gasteiger partial charge < -0.3 is 14.6 Å². The van der Waals surface area contributed by atoms with E-state index in [9.17, 15) is 0 Å². The Bertz CT molecular complexity index is 836. The highest BCUT2D eigenvalue weighted by atomic mass is 16.5.